The van der Waals surface area contributed by atoms with Crippen LogP contribution in [-0.2, 0) is 16.1 Å². The Morgan fingerprint density at radius 1 is 1.11 bits per heavy atom. The summed E-state index contributed by atoms with van der Waals surface area (Å²) in [6.07, 6.45) is 0.723. The molecule has 0 aliphatic rings. The van der Waals surface area contributed by atoms with E-state index in [1.807, 2.05) is 62.5 Å². The third-order valence-electron chi connectivity index (χ3n) is 6.29. The SMILES string of the molecule is CCC(C)(C)NC(=O)[C@H](c1cccs1)N(C(=O)Cn1nnc2ccccc21)c1ccc(OC)cc1OC. The third-order valence-corrected chi connectivity index (χ3v) is 7.21. The lowest BCUT2D eigenvalue weighted by Gasteiger charge is -2.34. The maximum atomic E-state index is 14.1. The van der Waals surface area contributed by atoms with E-state index in [1.54, 1.807) is 30.0 Å². The van der Waals surface area contributed by atoms with Gasteiger partial charge in [0.1, 0.15) is 29.6 Å². The molecule has 0 bridgehead atoms. The summed E-state index contributed by atoms with van der Waals surface area (Å²) in [6.45, 7) is 5.80. The molecule has 10 heteroatoms. The minimum atomic E-state index is -0.935. The highest BCUT2D eigenvalue weighted by atomic mass is 32.1. The van der Waals surface area contributed by atoms with E-state index in [-0.39, 0.29) is 18.4 Å². The summed E-state index contributed by atoms with van der Waals surface area (Å²) in [6, 6.07) is 15.4. The largest absolute Gasteiger partial charge is 0.497 e. The molecule has 0 radical (unpaired) electrons. The molecule has 9 nitrogen and oxygen atoms in total. The third kappa shape index (κ3) is 5.59. The number of ether oxygens (including phenoxy) is 2. The van der Waals surface area contributed by atoms with Gasteiger partial charge in [-0.1, -0.05) is 30.3 Å². The number of carbonyl (C=O) groups excluding carboxylic acids is 2. The molecule has 4 aromatic rings. The Kier molecular flexibility index (Phi) is 7.77. The Morgan fingerprint density at radius 3 is 2.57 bits per heavy atom. The van der Waals surface area contributed by atoms with Gasteiger partial charge in [-0.05, 0) is 56.0 Å². The van der Waals surface area contributed by atoms with Crippen LogP contribution in [0.1, 0.15) is 38.1 Å². The molecule has 2 amide bonds. The maximum absolute atomic E-state index is 14.1. The number of nitrogens with one attached hydrogen (secondary N) is 1. The van der Waals surface area contributed by atoms with E-state index in [9.17, 15) is 9.59 Å². The maximum Gasteiger partial charge on any atom is 0.249 e. The zero-order valence-electron chi connectivity index (χ0n) is 21.6. The number of carbonyl (C=O) groups is 2. The van der Waals surface area contributed by atoms with Gasteiger partial charge in [0, 0.05) is 16.5 Å². The van der Waals surface area contributed by atoms with Gasteiger partial charge in [0.2, 0.25) is 11.8 Å². The number of hydrogen-bond donors (Lipinski definition) is 1. The zero-order valence-corrected chi connectivity index (χ0v) is 22.4. The van der Waals surface area contributed by atoms with Gasteiger partial charge in [0.05, 0.1) is 25.4 Å². The quantitative estimate of drug-likeness (QED) is 0.328. The number of methoxy groups -OCH3 is 2. The fourth-order valence-corrected chi connectivity index (χ4v) is 4.76. The lowest BCUT2D eigenvalue weighted by atomic mass is 10.0. The van der Waals surface area contributed by atoms with Crippen LogP contribution in [0.4, 0.5) is 5.69 Å². The molecule has 0 spiro atoms. The number of thiophene rings is 1. The highest BCUT2D eigenvalue weighted by molar-refractivity contribution is 7.10. The van der Waals surface area contributed by atoms with Crippen LogP contribution in [0.2, 0.25) is 0 Å². The van der Waals surface area contributed by atoms with E-state index in [1.165, 1.54) is 23.3 Å². The van der Waals surface area contributed by atoms with E-state index in [4.69, 9.17) is 9.47 Å². The lowest BCUT2D eigenvalue weighted by Crippen LogP contribution is -2.51. The molecule has 0 fully saturated rings. The molecule has 194 valence electrons. The van der Waals surface area contributed by atoms with Gasteiger partial charge in [0.25, 0.3) is 0 Å². The number of amides is 2. The van der Waals surface area contributed by atoms with Crippen molar-refractivity contribution in [1.82, 2.24) is 20.3 Å². The van der Waals surface area contributed by atoms with Crippen molar-refractivity contribution in [2.75, 3.05) is 19.1 Å². The highest BCUT2D eigenvalue weighted by Gasteiger charge is 2.37. The number of fused-ring (bicyclic) bond motifs is 1. The average molecular weight is 522 g/mol. The van der Waals surface area contributed by atoms with Crippen LogP contribution in [0.5, 0.6) is 11.5 Å². The Bertz CT molecular complexity index is 1380. The monoisotopic (exact) mass is 521 g/mol. The van der Waals surface area contributed by atoms with Crippen molar-refractivity contribution in [3.05, 3.63) is 64.9 Å². The minimum Gasteiger partial charge on any atom is -0.497 e. The van der Waals surface area contributed by atoms with Gasteiger partial charge in [-0.15, -0.1) is 16.4 Å². The Morgan fingerprint density at radius 2 is 1.89 bits per heavy atom. The fraction of sp³-hybridized carbons (Fsp3) is 0.333. The summed E-state index contributed by atoms with van der Waals surface area (Å²) < 4.78 is 12.6. The van der Waals surface area contributed by atoms with E-state index < -0.39 is 11.6 Å². The predicted molar refractivity (Wildman–Crippen MR) is 144 cm³/mol. The Balaban J connectivity index is 1.84. The first-order valence-electron chi connectivity index (χ1n) is 12.0. The number of benzene rings is 2. The first-order valence-corrected chi connectivity index (χ1v) is 12.8. The molecule has 0 unspecified atom stereocenters. The van der Waals surface area contributed by atoms with Crippen molar-refractivity contribution in [3.63, 3.8) is 0 Å². The standard InChI is InChI=1S/C27H31N5O4S/c1-6-27(2,3)28-26(34)25(23-12-9-15-37-23)32(21-14-13-18(35-4)16-22(21)36-5)24(33)17-31-20-11-8-7-10-19(20)29-30-31/h7-16,25H,6,17H2,1-5H3,(H,28,34)/t25-/m0/s1. The smallest absolute Gasteiger partial charge is 0.249 e. The number of para-hydroxylation sites is 1. The second-order valence-electron chi connectivity index (χ2n) is 9.18. The summed E-state index contributed by atoms with van der Waals surface area (Å²) >= 11 is 1.41. The zero-order chi connectivity index (χ0) is 26.6. The molecule has 0 aliphatic heterocycles. The van der Waals surface area contributed by atoms with Crippen molar-refractivity contribution in [1.29, 1.82) is 0 Å². The number of hydrogen-bond acceptors (Lipinski definition) is 7. The molecule has 2 aromatic heterocycles. The van der Waals surface area contributed by atoms with Crippen molar-refractivity contribution in [3.8, 4) is 11.5 Å². The normalized spacial score (nSPS) is 12.2. The molecule has 0 aliphatic carbocycles. The van der Waals surface area contributed by atoms with Crippen LogP contribution in [-0.4, -0.2) is 46.6 Å². The second-order valence-corrected chi connectivity index (χ2v) is 10.2. The second kappa shape index (κ2) is 11.0. The molecule has 4 rings (SSSR count). The lowest BCUT2D eigenvalue weighted by molar-refractivity contribution is -0.128. The van der Waals surface area contributed by atoms with Crippen LogP contribution in [0.15, 0.2) is 60.0 Å². The van der Waals surface area contributed by atoms with Crippen LogP contribution in [0, 0.1) is 0 Å². The number of aromatic nitrogens is 3. The molecule has 2 aromatic carbocycles. The van der Waals surface area contributed by atoms with Gasteiger partial charge in [-0.25, -0.2) is 4.68 Å². The predicted octanol–water partition coefficient (Wildman–Crippen LogP) is 4.59. The minimum absolute atomic E-state index is 0.123. The van der Waals surface area contributed by atoms with Crippen LogP contribution < -0.4 is 19.7 Å². The Hall–Kier alpha value is -3.92. The number of rotatable bonds is 10. The molecule has 1 N–H and O–H groups in total. The molecule has 2 heterocycles. The number of anilines is 1. The molecule has 1 atom stereocenters. The number of nitrogens with zero attached hydrogens (tertiary/aromatic N) is 4. The first kappa shape index (κ1) is 26.2. The summed E-state index contributed by atoms with van der Waals surface area (Å²) in [5, 5.41) is 13.4. The summed E-state index contributed by atoms with van der Waals surface area (Å²) in [5.41, 5.74) is 1.39. The molecule has 0 saturated carbocycles. The van der Waals surface area contributed by atoms with Crippen molar-refractivity contribution >= 4 is 39.9 Å². The van der Waals surface area contributed by atoms with Crippen LogP contribution in [0.25, 0.3) is 11.0 Å². The van der Waals surface area contributed by atoms with Crippen LogP contribution >= 0.6 is 11.3 Å². The topological polar surface area (TPSA) is 98.6 Å². The Labute approximate surface area is 220 Å². The molecule has 37 heavy (non-hydrogen) atoms. The van der Waals surface area contributed by atoms with Crippen LogP contribution in [0.3, 0.4) is 0 Å². The molecule has 0 saturated heterocycles. The molecular formula is C27H31N5O4S. The highest BCUT2D eigenvalue weighted by Crippen LogP contribution is 2.39. The van der Waals surface area contributed by atoms with E-state index in [0.717, 1.165) is 16.8 Å². The van der Waals surface area contributed by atoms with Crippen molar-refractivity contribution < 1.29 is 19.1 Å². The van der Waals surface area contributed by atoms with Crippen molar-refractivity contribution in [2.45, 2.75) is 45.3 Å². The van der Waals surface area contributed by atoms with E-state index in [2.05, 4.69) is 15.6 Å². The van der Waals surface area contributed by atoms with Gasteiger partial charge in [0.15, 0.2) is 0 Å². The summed E-state index contributed by atoms with van der Waals surface area (Å²) in [5.74, 6) is 0.339. The summed E-state index contributed by atoms with van der Waals surface area (Å²) in [4.78, 5) is 30.2. The van der Waals surface area contributed by atoms with Gasteiger partial charge >= 0.3 is 0 Å². The first-order chi connectivity index (χ1) is 17.8. The molecular weight excluding hydrogens is 490 g/mol. The average Bonchev–Trinajstić information content (AvgIpc) is 3.57. The van der Waals surface area contributed by atoms with Gasteiger partial charge in [-0.3, -0.25) is 14.5 Å². The van der Waals surface area contributed by atoms with Gasteiger partial charge < -0.3 is 14.8 Å². The van der Waals surface area contributed by atoms with E-state index in [0.29, 0.717) is 22.7 Å². The fourth-order valence-electron chi connectivity index (χ4n) is 3.95. The summed E-state index contributed by atoms with van der Waals surface area (Å²) in [7, 11) is 3.08. The van der Waals surface area contributed by atoms with Crippen molar-refractivity contribution in [2.24, 2.45) is 0 Å². The van der Waals surface area contributed by atoms with E-state index >= 15 is 0 Å². The van der Waals surface area contributed by atoms with Gasteiger partial charge in [-0.2, -0.15) is 0 Å².